The van der Waals surface area contributed by atoms with Crippen LogP contribution in [0.25, 0.3) is 0 Å². The molecule has 0 rings (SSSR count). The molecule has 0 saturated carbocycles. The average Bonchev–Trinajstić information content (AvgIpc) is 1.55. The van der Waals surface area contributed by atoms with E-state index in [2.05, 4.69) is 39.3 Å². The normalized spacial score (nSPS) is 14.0. The van der Waals surface area contributed by atoms with Crippen LogP contribution in [0.4, 0.5) is 0 Å². The van der Waals surface area contributed by atoms with Gasteiger partial charge in [-0.05, 0) is 0 Å². The van der Waals surface area contributed by atoms with Crippen molar-refractivity contribution < 1.29 is 14.4 Å². The summed E-state index contributed by atoms with van der Waals surface area (Å²) in [5.41, 5.74) is 0. The van der Waals surface area contributed by atoms with Crippen molar-refractivity contribution in [3.8, 4) is 0 Å². The summed E-state index contributed by atoms with van der Waals surface area (Å²) in [6, 6.07) is 0. The molecule has 0 N–H and O–H groups in total. The molecule has 0 amide bonds. The molecule has 0 heterocycles. The molecular formula is C8H22NiSi2. The van der Waals surface area contributed by atoms with Crippen molar-refractivity contribution in [1.82, 2.24) is 0 Å². The van der Waals surface area contributed by atoms with Crippen LogP contribution in [0.1, 0.15) is 0 Å². The molecule has 0 spiro atoms. The second-order valence-corrected chi connectivity index (χ2v) is 18.8. The van der Waals surface area contributed by atoms with E-state index in [0.29, 0.717) is 0 Å². The van der Waals surface area contributed by atoms with Gasteiger partial charge in [-0.3, -0.25) is 0 Å². The summed E-state index contributed by atoms with van der Waals surface area (Å²) < 4.78 is 0. The van der Waals surface area contributed by atoms with Gasteiger partial charge in [0.1, 0.15) is 0 Å². The molecule has 0 aromatic carbocycles. The minimum absolute atomic E-state index is 0.763. The number of hydrogen-bond donors (Lipinski definition) is 0. The summed E-state index contributed by atoms with van der Waals surface area (Å²) in [6.07, 6.45) is 0. The quantitative estimate of drug-likeness (QED) is 0.650. The third-order valence-electron chi connectivity index (χ3n) is 0.829. The Hall–Kier alpha value is 0.927. The van der Waals surface area contributed by atoms with Crippen LogP contribution in [-0.4, -0.2) is 16.1 Å². The Kier molecular flexibility index (Phi) is 4.60. The Morgan fingerprint density at radius 2 is 1.00 bits per heavy atom. The molecule has 0 unspecified atom stereocenters. The average molecular weight is 233 g/mol. The Morgan fingerprint density at radius 1 is 0.727 bits per heavy atom. The van der Waals surface area contributed by atoms with Crippen LogP contribution in [0.15, 0.2) is 0 Å². The fraction of sp³-hybridized carbons (Fsp3) is 1.00. The fourth-order valence-corrected chi connectivity index (χ4v) is 7.33. The molecule has 0 radical (unpaired) electrons. The van der Waals surface area contributed by atoms with E-state index in [-0.39, 0.29) is 0 Å². The predicted molar refractivity (Wildman–Crippen MR) is 56.3 cm³/mol. The van der Waals surface area contributed by atoms with Crippen LogP contribution in [-0.2, 0) is 14.4 Å². The summed E-state index contributed by atoms with van der Waals surface area (Å²) in [7, 11) is -1.53. The van der Waals surface area contributed by atoms with Crippen molar-refractivity contribution in [2.45, 2.75) is 49.3 Å². The Morgan fingerprint density at radius 3 is 1.18 bits per heavy atom. The standard InChI is InChI=1S/2C4H11Si.Ni/c2*1-5(2,3)4;/h2*1H2,2-4H3;. The van der Waals surface area contributed by atoms with E-state index in [4.69, 9.17) is 0 Å². The molecule has 0 fully saturated rings. The second-order valence-electron chi connectivity index (χ2n) is 5.50. The van der Waals surface area contributed by atoms with Crippen molar-refractivity contribution in [3.05, 3.63) is 0 Å². The monoisotopic (exact) mass is 232 g/mol. The van der Waals surface area contributed by atoms with Crippen LogP contribution in [0.2, 0.25) is 49.3 Å². The molecule has 0 atom stereocenters. The van der Waals surface area contributed by atoms with Crippen LogP contribution in [0, 0.1) is 0 Å². The summed E-state index contributed by atoms with van der Waals surface area (Å²) in [5.74, 6) is 0. The molecule has 0 bridgehead atoms. The molecule has 72 valence electrons. The van der Waals surface area contributed by atoms with Crippen molar-refractivity contribution in [1.29, 1.82) is 0 Å². The summed E-state index contributed by atoms with van der Waals surface area (Å²) in [4.78, 5) is 0. The van der Waals surface area contributed by atoms with Gasteiger partial charge in [-0.2, -0.15) is 0 Å². The molecule has 0 aromatic rings. The van der Waals surface area contributed by atoms with Crippen LogP contribution >= 0.6 is 0 Å². The van der Waals surface area contributed by atoms with E-state index in [9.17, 15) is 0 Å². The van der Waals surface area contributed by atoms with Gasteiger partial charge in [-0.25, -0.2) is 0 Å². The van der Waals surface area contributed by atoms with Gasteiger partial charge >= 0.3 is 79.9 Å². The summed E-state index contributed by atoms with van der Waals surface area (Å²) in [5, 5.41) is 2.93. The van der Waals surface area contributed by atoms with Gasteiger partial charge in [0.05, 0.1) is 0 Å². The van der Waals surface area contributed by atoms with Gasteiger partial charge in [0.25, 0.3) is 0 Å². The fourth-order valence-electron chi connectivity index (χ4n) is 0.514. The van der Waals surface area contributed by atoms with Gasteiger partial charge in [-0.1, -0.05) is 0 Å². The minimum atomic E-state index is -0.763. The Bertz CT molecular complexity index is 96.2. The molecular weight excluding hydrogens is 211 g/mol. The second kappa shape index (κ2) is 4.25. The zero-order valence-corrected chi connectivity index (χ0v) is 11.7. The molecule has 0 aliphatic rings. The SMILES string of the molecule is C[Si](C)(C)[CH2][Ni][CH2][Si](C)(C)C. The molecule has 0 saturated heterocycles. The van der Waals surface area contributed by atoms with Crippen LogP contribution in [0.5, 0.6) is 0 Å². The van der Waals surface area contributed by atoms with E-state index < -0.39 is 16.1 Å². The first-order valence-electron chi connectivity index (χ1n) is 4.15. The molecule has 0 aliphatic carbocycles. The van der Waals surface area contributed by atoms with Gasteiger partial charge in [0.15, 0.2) is 0 Å². The predicted octanol–water partition coefficient (Wildman–Crippen LogP) is 3.66. The van der Waals surface area contributed by atoms with Gasteiger partial charge in [0, 0.05) is 0 Å². The van der Waals surface area contributed by atoms with Gasteiger partial charge in [0.2, 0.25) is 0 Å². The van der Waals surface area contributed by atoms with Crippen LogP contribution in [0.3, 0.4) is 0 Å². The van der Waals surface area contributed by atoms with Crippen molar-refractivity contribution in [2.24, 2.45) is 0 Å². The van der Waals surface area contributed by atoms with Crippen molar-refractivity contribution in [2.75, 3.05) is 0 Å². The summed E-state index contributed by atoms with van der Waals surface area (Å²) >= 11 is 2.02. The first-order chi connectivity index (χ1) is 4.71. The first-order valence-corrected chi connectivity index (χ1v) is 13.0. The number of hydrogen-bond acceptors (Lipinski definition) is 0. The molecule has 11 heavy (non-hydrogen) atoms. The van der Waals surface area contributed by atoms with Gasteiger partial charge in [-0.15, -0.1) is 0 Å². The molecule has 3 heteroatoms. The maximum absolute atomic E-state index is 2.45. The van der Waals surface area contributed by atoms with Crippen LogP contribution < -0.4 is 0 Å². The Labute approximate surface area is 80.0 Å². The van der Waals surface area contributed by atoms with E-state index in [1.807, 2.05) is 14.4 Å². The zero-order valence-electron chi connectivity index (χ0n) is 8.73. The first kappa shape index (κ1) is 11.9. The maximum atomic E-state index is 2.45. The zero-order chi connectivity index (χ0) is 9.12. The van der Waals surface area contributed by atoms with E-state index in [0.717, 1.165) is 0 Å². The van der Waals surface area contributed by atoms with E-state index >= 15 is 0 Å². The third-order valence-corrected chi connectivity index (χ3v) is 10.3. The molecule has 0 aliphatic heterocycles. The Balaban J connectivity index is 3.44. The van der Waals surface area contributed by atoms with Gasteiger partial charge < -0.3 is 0 Å². The van der Waals surface area contributed by atoms with E-state index in [1.165, 1.54) is 10.0 Å². The summed E-state index contributed by atoms with van der Waals surface area (Å²) in [6.45, 7) is 14.7. The molecule has 0 nitrogen and oxygen atoms in total. The van der Waals surface area contributed by atoms with Crippen molar-refractivity contribution >= 4 is 16.1 Å². The van der Waals surface area contributed by atoms with Crippen molar-refractivity contribution in [3.63, 3.8) is 0 Å². The third kappa shape index (κ3) is 10.9. The van der Waals surface area contributed by atoms with E-state index in [1.54, 1.807) is 0 Å². The number of rotatable bonds is 4. The molecule has 0 aromatic heterocycles. The topological polar surface area (TPSA) is 0 Å².